The molecule has 0 unspecified atom stereocenters. The molecule has 1 heterocycles. The Bertz CT molecular complexity index is 1050. The molecule has 5 nitrogen and oxygen atoms in total. The summed E-state index contributed by atoms with van der Waals surface area (Å²) in [6.45, 7) is 6.54. The van der Waals surface area contributed by atoms with E-state index in [1.54, 1.807) is 19.2 Å². The molecule has 3 aromatic rings. The number of aromatic nitrogens is 1. The number of hydrogen-bond donors (Lipinski definition) is 0. The van der Waals surface area contributed by atoms with E-state index in [0.29, 0.717) is 29.5 Å². The van der Waals surface area contributed by atoms with Gasteiger partial charge in [0.25, 0.3) is 5.91 Å². The molecule has 1 amide bonds. The molecule has 0 N–H and O–H groups in total. The summed E-state index contributed by atoms with van der Waals surface area (Å²) >= 11 is 1.32. The minimum absolute atomic E-state index is 0. The smallest absolute Gasteiger partial charge is 0.416 e. The molecule has 0 spiro atoms. The zero-order valence-electron chi connectivity index (χ0n) is 18.0. The number of rotatable bonds is 8. The molecular formula is C22H25ClF3N3O2S. The zero-order valence-corrected chi connectivity index (χ0v) is 19.6. The maximum atomic E-state index is 13.3. The molecule has 0 saturated carbocycles. The van der Waals surface area contributed by atoms with Gasteiger partial charge in [-0.2, -0.15) is 13.2 Å². The van der Waals surface area contributed by atoms with Gasteiger partial charge in [0.2, 0.25) is 0 Å². The SMILES string of the molecule is CCN(CC)CCN(C(=O)c1cccc(C(F)(F)F)c1)c1nc2cc(OC)ccc2s1.Cl. The maximum absolute atomic E-state index is 13.3. The van der Waals surface area contributed by atoms with Crippen LogP contribution in [0.1, 0.15) is 29.8 Å². The zero-order chi connectivity index (χ0) is 22.6. The van der Waals surface area contributed by atoms with Crippen LogP contribution in [0.5, 0.6) is 5.75 Å². The van der Waals surface area contributed by atoms with Gasteiger partial charge in [0.05, 0.1) is 22.9 Å². The summed E-state index contributed by atoms with van der Waals surface area (Å²) in [6.07, 6.45) is -4.52. The van der Waals surface area contributed by atoms with Crippen LogP contribution in [0.4, 0.5) is 18.3 Å². The van der Waals surface area contributed by atoms with Crippen molar-refractivity contribution in [2.75, 3.05) is 38.2 Å². The van der Waals surface area contributed by atoms with Crippen molar-refractivity contribution in [3.8, 4) is 5.75 Å². The van der Waals surface area contributed by atoms with Crippen molar-refractivity contribution >= 4 is 45.0 Å². The van der Waals surface area contributed by atoms with E-state index in [4.69, 9.17) is 4.74 Å². The highest BCUT2D eigenvalue weighted by atomic mass is 35.5. The number of fused-ring (bicyclic) bond motifs is 1. The van der Waals surface area contributed by atoms with Crippen LogP contribution in [0, 0.1) is 0 Å². The highest BCUT2D eigenvalue weighted by Gasteiger charge is 2.32. The lowest BCUT2D eigenvalue weighted by atomic mass is 10.1. The van der Waals surface area contributed by atoms with Crippen LogP contribution in [0.2, 0.25) is 0 Å². The lowest BCUT2D eigenvalue weighted by molar-refractivity contribution is -0.137. The first kappa shape index (κ1) is 25.9. The monoisotopic (exact) mass is 487 g/mol. The topological polar surface area (TPSA) is 45.7 Å². The van der Waals surface area contributed by atoms with Gasteiger partial charge in [-0.25, -0.2) is 4.98 Å². The molecule has 0 atom stereocenters. The van der Waals surface area contributed by atoms with Gasteiger partial charge in [-0.1, -0.05) is 31.3 Å². The number of amides is 1. The van der Waals surface area contributed by atoms with Crippen molar-refractivity contribution in [3.05, 3.63) is 53.6 Å². The number of ether oxygens (including phenoxy) is 1. The quantitative estimate of drug-likeness (QED) is 0.407. The van der Waals surface area contributed by atoms with Crippen LogP contribution in [-0.4, -0.2) is 49.1 Å². The van der Waals surface area contributed by atoms with Crippen LogP contribution in [0.25, 0.3) is 10.2 Å². The highest BCUT2D eigenvalue weighted by molar-refractivity contribution is 7.22. The number of carbonyl (C=O) groups is 1. The molecule has 0 aliphatic carbocycles. The summed E-state index contributed by atoms with van der Waals surface area (Å²) in [7, 11) is 1.56. The summed E-state index contributed by atoms with van der Waals surface area (Å²) in [6, 6.07) is 9.93. The molecule has 1 aromatic heterocycles. The van der Waals surface area contributed by atoms with Crippen LogP contribution in [0.15, 0.2) is 42.5 Å². The van der Waals surface area contributed by atoms with E-state index in [2.05, 4.69) is 9.88 Å². The van der Waals surface area contributed by atoms with E-state index in [9.17, 15) is 18.0 Å². The van der Waals surface area contributed by atoms with Gasteiger partial charge in [0.1, 0.15) is 5.75 Å². The van der Waals surface area contributed by atoms with Crippen molar-refractivity contribution < 1.29 is 22.7 Å². The fourth-order valence-electron chi connectivity index (χ4n) is 3.19. The average Bonchev–Trinajstić information content (AvgIpc) is 3.18. The van der Waals surface area contributed by atoms with E-state index in [-0.39, 0.29) is 18.0 Å². The number of benzene rings is 2. The van der Waals surface area contributed by atoms with Crippen LogP contribution in [-0.2, 0) is 6.18 Å². The molecule has 32 heavy (non-hydrogen) atoms. The third-order valence-electron chi connectivity index (χ3n) is 5.03. The Hall–Kier alpha value is -2.36. The second-order valence-electron chi connectivity index (χ2n) is 6.89. The number of halogens is 4. The van der Waals surface area contributed by atoms with Crippen molar-refractivity contribution in [3.63, 3.8) is 0 Å². The van der Waals surface area contributed by atoms with E-state index in [0.717, 1.165) is 29.9 Å². The normalized spacial score (nSPS) is 11.5. The summed E-state index contributed by atoms with van der Waals surface area (Å²) in [4.78, 5) is 21.5. The third-order valence-corrected chi connectivity index (χ3v) is 6.09. The third kappa shape index (κ3) is 5.90. The van der Waals surface area contributed by atoms with Gasteiger partial charge in [0, 0.05) is 24.7 Å². The molecule has 0 saturated heterocycles. The molecule has 0 aliphatic rings. The number of alkyl halides is 3. The number of nitrogens with zero attached hydrogens (tertiary/aromatic N) is 3. The minimum Gasteiger partial charge on any atom is -0.497 e. The second kappa shape index (κ2) is 11.0. The molecule has 174 valence electrons. The van der Waals surface area contributed by atoms with Gasteiger partial charge < -0.3 is 9.64 Å². The Kier molecular flexibility index (Phi) is 8.89. The largest absolute Gasteiger partial charge is 0.497 e. The summed E-state index contributed by atoms with van der Waals surface area (Å²) < 4.78 is 45.6. The minimum atomic E-state index is -4.52. The van der Waals surface area contributed by atoms with Gasteiger partial charge in [-0.15, -0.1) is 12.4 Å². The molecule has 0 fully saturated rings. The molecule has 3 rings (SSSR count). The summed E-state index contributed by atoms with van der Waals surface area (Å²) in [5.41, 5.74) is -0.202. The number of carbonyl (C=O) groups excluding carboxylic acids is 1. The molecule has 0 aliphatic heterocycles. The Morgan fingerprint density at radius 1 is 1.09 bits per heavy atom. The van der Waals surface area contributed by atoms with Gasteiger partial charge in [0.15, 0.2) is 5.13 Å². The Morgan fingerprint density at radius 2 is 1.81 bits per heavy atom. The van der Waals surface area contributed by atoms with Crippen molar-refractivity contribution in [2.45, 2.75) is 20.0 Å². The van der Waals surface area contributed by atoms with Crippen LogP contribution >= 0.6 is 23.7 Å². The summed E-state index contributed by atoms with van der Waals surface area (Å²) in [5, 5.41) is 0.442. The van der Waals surface area contributed by atoms with Crippen molar-refractivity contribution in [1.82, 2.24) is 9.88 Å². The molecule has 2 aromatic carbocycles. The Balaban J connectivity index is 0.00000363. The Morgan fingerprint density at radius 3 is 2.44 bits per heavy atom. The predicted molar refractivity (Wildman–Crippen MR) is 124 cm³/mol. The molecule has 0 bridgehead atoms. The lowest BCUT2D eigenvalue weighted by Gasteiger charge is -2.25. The molecular weight excluding hydrogens is 463 g/mol. The van der Waals surface area contributed by atoms with E-state index in [1.807, 2.05) is 19.9 Å². The van der Waals surface area contributed by atoms with Gasteiger partial charge >= 0.3 is 6.18 Å². The first-order chi connectivity index (χ1) is 14.8. The predicted octanol–water partition coefficient (Wildman–Crippen LogP) is 5.73. The van der Waals surface area contributed by atoms with Crippen molar-refractivity contribution in [2.24, 2.45) is 0 Å². The number of hydrogen-bond acceptors (Lipinski definition) is 5. The van der Waals surface area contributed by atoms with Crippen LogP contribution < -0.4 is 9.64 Å². The number of anilines is 1. The van der Waals surface area contributed by atoms with Gasteiger partial charge in [-0.3, -0.25) is 9.69 Å². The first-order valence-electron chi connectivity index (χ1n) is 9.92. The summed E-state index contributed by atoms with van der Waals surface area (Å²) in [5.74, 6) is 0.132. The van der Waals surface area contributed by atoms with E-state index >= 15 is 0 Å². The highest BCUT2D eigenvalue weighted by Crippen LogP contribution is 2.33. The van der Waals surface area contributed by atoms with Gasteiger partial charge in [-0.05, 0) is 43.4 Å². The van der Waals surface area contributed by atoms with Crippen molar-refractivity contribution in [1.29, 1.82) is 0 Å². The number of likely N-dealkylation sites (N-methyl/N-ethyl adjacent to an activating group) is 1. The van der Waals surface area contributed by atoms with Crippen LogP contribution in [0.3, 0.4) is 0 Å². The fraction of sp³-hybridized carbons (Fsp3) is 0.364. The lowest BCUT2D eigenvalue weighted by Crippen LogP contribution is -2.39. The standard InChI is InChI=1S/C22H24F3N3O2S.ClH/c1-4-27(5-2)11-12-28(20(29)15-7-6-8-16(13-15)22(23,24)25)21-26-18-14-17(30-3)9-10-19(18)31-21;/h6-10,13-14H,4-5,11-12H2,1-3H3;1H. The van der Waals surface area contributed by atoms with E-state index < -0.39 is 17.6 Å². The Labute approximate surface area is 195 Å². The molecule has 10 heteroatoms. The average molecular weight is 488 g/mol. The maximum Gasteiger partial charge on any atom is 0.416 e. The number of methoxy groups -OCH3 is 1. The fourth-order valence-corrected chi connectivity index (χ4v) is 4.16. The van der Waals surface area contributed by atoms with E-state index in [1.165, 1.54) is 28.4 Å². The second-order valence-corrected chi connectivity index (χ2v) is 7.90. The first-order valence-corrected chi connectivity index (χ1v) is 10.7. The molecule has 0 radical (unpaired) electrons. The number of thiazole rings is 1.